The third-order valence-corrected chi connectivity index (χ3v) is 5.41. The molecule has 28 heavy (non-hydrogen) atoms. The number of aryl methyl sites for hydroxylation is 1. The highest BCUT2D eigenvalue weighted by Crippen LogP contribution is 2.30. The number of allylic oxidation sites excluding steroid dienone is 2. The predicted octanol–water partition coefficient (Wildman–Crippen LogP) is 6.04. The van der Waals surface area contributed by atoms with Gasteiger partial charge in [0, 0.05) is 18.3 Å². The number of aromatic nitrogens is 3. The standard InChI is InChI=1S/C24H28N4/c1-17-7-4-5-9-19(3)20-13-18(2)14-21(15-20)22-16-26-28-12-10-23(27-24(22)28)25-11-6-8-17/h8,10,12-16H,3-7,9,11H2,1-2H3,(H,25,27). The van der Waals surface area contributed by atoms with Crippen LogP contribution in [0.4, 0.5) is 5.82 Å². The molecule has 1 aliphatic heterocycles. The molecule has 3 aromatic rings. The molecule has 0 fully saturated rings. The number of nitrogens with zero attached hydrogens (tertiary/aromatic N) is 3. The molecular formula is C24H28N4. The average molecular weight is 373 g/mol. The molecule has 2 aromatic heterocycles. The third-order valence-electron chi connectivity index (χ3n) is 5.41. The highest BCUT2D eigenvalue weighted by molar-refractivity contribution is 5.80. The Bertz CT molecular complexity index is 1040. The van der Waals surface area contributed by atoms with Gasteiger partial charge in [0.05, 0.1) is 6.20 Å². The summed E-state index contributed by atoms with van der Waals surface area (Å²) in [5.74, 6) is 0.891. The Hall–Kier alpha value is -2.88. The van der Waals surface area contributed by atoms with Gasteiger partial charge in [0.2, 0.25) is 0 Å². The second kappa shape index (κ2) is 8.01. The van der Waals surface area contributed by atoms with Crippen molar-refractivity contribution in [2.75, 3.05) is 11.9 Å². The second-order valence-electron chi connectivity index (χ2n) is 7.80. The van der Waals surface area contributed by atoms with Gasteiger partial charge in [-0.25, -0.2) is 9.50 Å². The van der Waals surface area contributed by atoms with Gasteiger partial charge in [0.1, 0.15) is 5.82 Å². The smallest absolute Gasteiger partial charge is 0.165 e. The van der Waals surface area contributed by atoms with E-state index in [2.05, 4.69) is 55.1 Å². The summed E-state index contributed by atoms with van der Waals surface area (Å²) in [5, 5.41) is 7.95. The molecule has 4 heteroatoms. The molecule has 1 aliphatic rings. The minimum atomic E-state index is 0.878. The van der Waals surface area contributed by atoms with E-state index in [1.807, 2.05) is 23.0 Å². The molecule has 0 saturated heterocycles. The van der Waals surface area contributed by atoms with E-state index in [1.165, 1.54) is 35.1 Å². The van der Waals surface area contributed by atoms with Crippen molar-refractivity contribution in [3.8, 4) is 11.1 Å². The van der Waals surface area contributed by atoms with Gasteiger partial charge in [-0.2, -0.15) is 5.10 Å². The van der Waals surface area contributed by atoms with Gasteiger partial charge >= 0.3 is 0 Å². The molecule has 0 atom stereocenters. The lowest BCUT2D eigenvalue weighted by Crippen LogP contribution is -2.04. The second-order valence-corrected chi connectivity index (χ2v) is 7.80. The molecule has 1 aromatic carbocycles. The number of nitrogens with one attached hydrogen (secondary N) is 1. The summed E-state index contributed by atoms with van der Waals surface area (Å²) in [4.78, 5) is 4.83. The van der Waals surface area contributed by atoms with Crippen LogP contribution in [0.25, 0.3) is 22.3 Å². The van der Waals surface area contributed by atoms with Gasteiger partial charge in [-0.15, -0.1) is 0 Å². The maximum Gasteiger partial charge on any atom is 0.165 e. The Kier molecular flexibility index (Phi) is 5.29. The van der Waals surface area contributed by atoms with E-state index in [1.54, 1.807) is 0 Å². The van der Waals surface area contributed by atoms with Gasteiger partial charge in [-0.05, 0) is 80.3 Å². The minimum absolute atomic E-state index is 0.878. The first-order valence-corrected chi connectivity index (χ1v) is 10.1. The normalized spacial score (nSPS) is 15.9. The summed E-state index contributed by atoms with van der Waals surface area (Å²) >= 11 is 0. The van der Waals surface area contributed by atoms with Gasteiger partial charge in [-0.3, -0.25) is 0 Å². The quantitative estimate of drug-likeness (QED) is 0.489. The molecule has 0 spiro atoms. The molecule has 0 aliphatic carbocycles. The summed E-state index contributed by atoms with van der Waals surface area (Å²) in [5.41, 5.74) is 8.22. The van der Waals surface area contributed by atoms with Crippen LogP contribution in [-0.2, 0) is 0 Å². The van der Waals surface area contributed by atoms with E-state index >= 15 is 0 Å². The fourth-order valence-corrected chi connectivity index (χ4v) is 3.82. The van der Waals surface area contributed by atoms with Crippen LogP contribution in [0.2, 0.25) is 0 Å². The third kappa shape index (κ3) is 4.01. The van der Waals surface area contributed by atoms with Crippen LogP contribution in [0.3, 0.4) is 0 Å². The van der Waals surface area contributed by atoms with Gasteiger partial charge in [0.25, 0.3) is 0 Å². The zero-order valence-electron chi connectivity index (χ0n) is 16.8. The first-order chi connectivity index (χ1) is 13.6. The van der Waals surface area contributed by atoms with Crippen LogP contribution in [-0.4, -0.2) is 21.1 Å². The average Bonchev–Trinajstić information content (AvgIpc) is 3.10. The number of anilines is 1. The van der Waals surface area contributed by atoms with E-state index in [-0.39, 0.29) is 0 Å². The Labute approximate surface area is 167 Å². The molecule has 144 valence electrons. The Morgan fingerprint density at radius 2 is 1.89 bits per heavy atom. The number of hydrogen-bond acceptors (Lipinski definition) is 3. The SMILES string of the molecule is C=C1CCCCC(C)=CCCNc2ccn3ncc(c3n2)-c2cc(C)cc1c2. The number of hydrogen-bond donors (Lipinski definition) is 1. The molecule has 0 saturated carbocycles. The summed E-state index contributed by atoms with van der Waals surface area (Å²) in [6, 6.07) is 8.66. The summed E-state index contributed by atoms with van der Waals surface area (Å²) < 4.78 is 1.84. The van der Waals surface area contributed by atoms with Crippen molar-refractivity contribution in [2.45, 2.75) is 46.0 Å². The number of benzene rings is 1. The lowest BCUT2D eigenvalue weighted by Gasteiger charge is -2.10. The van der Waals surface area contributed by atoms with E-state index in [4.69, 9.17) is 4.98 Å². The van der Waals surface area contributed by atoms with Crippen molar-refractivity contribution < 1.29 is 0 Å². The highest BCUT2D eigenvalue weighted by Gasteiger charge is 2.12. The molecule has 4 nitrogen and oxygen atoms in total. The largest absolute Gasteiger partial charge is 0.370 e. The van der Waals surface area contributed by atoms with Crippen molar-refractivity contribution in [2.24, 2.45) is 0 Å². The Morgan fingerprint density at radius 3 is 2.79 bits per heavy atom. The van der Waals surface area contributed by atoms with Gasteiger partial charge in [-0.1, -0.05) is 30.4 Å². The highest BCUT2D eigenvalue weighted by atomic mass is 15.2. The van der Waals surface area contributed by atoms with Crippen LogP contribution in [0.5, 0.6) is 0 Å². The lowest BCUT2D eigenvalue weighted by molar-refractivity contribution is 0.746. The summed E-state index contributed by atoms with van der Waals surface area (Å²) in [7, 11) is 0. The van der Waals surface area contributed by atoms with E-state index in [0.717, 1.165) is 48.4 Å². The summed E-state index contributed by atoms with van der Waals surface area (Å²) in [6.07, 6.45) is 11.8. The minimum Gasteiger partial charge on any atom is -0.370 e. The van der Waals surface area contributed by atoms with Crippen molar-refractivity contribution >= 4 is 17.0 Å². The Balaban J connectivity index is 1.77. The topological polar surface area (TPSA) is 42.2 Å². The number of fused-ring (bicyclic) bond motifs is 4. The monoisotopic (exact) mass is 372 g/mol. The van der Waals surface area contributed by atoms with Crippen molar-refractivity contribution in [1.29, 1.82) is 0 Å². The van der Waals surface area contributed by atoms with Crippen LogP contribution in [0, 0.1) is 6.92 Å². The zero-order valence-corrected chi connectivity index (χ0v) is 16.8. The molecule has 1 N–H and O–H groups in total. The van der Waals surface area contributed by atoms with Crippen LogP contribution in [0.1, 0.15) is 50.2 Å². The van der Waals surface area contributed by atoms with E-state index in [0.29, 0.717) is 0 Å². The molecule has 3 heterocycles. The predicted molar refractivity (Wildman–Crippen MR) is 118 cm³/mol. The van der Waals surface area contributed by atoms with Crippen molar-refractivity contribution in [3.63, 3.8) is 0 Å². The molecule has 0 unspecified atom stereocenters. The molecule has 4 rings (SSSR count). The van der Waals surface area contributed by atoms with Crippen LogP contribution >= 0.6 is 0 Å². The zero-order chi connectivity index (χ0) is 19.5. The molecule has 0 radical (unpaired) electrons. The molecule has 0 amide bonds. The van der Waals surface area contributed by atoms with Crippen molar-refractivity contribution in [1.82, 2.24) is 14.6 Å². The Morgan fingerprint density at radius 1 is 1.07 bits per heavy atom. The fourth-order valence-electron chi connectivity index (χ4n) is 3.82. The maximum atomic E-state index is 4.83. The molecular weight excluding hydrogens is 344 g/mol. The van der Waals surface area contributed by atoms with Crippen LogP contribution < -0.4 is 5.32 Å². The fraction of sp³-hybridized carbons (Fsp3) is 0.333. The van der Waals surface area contributed by atoms with Gasteiger partial charge in [0.15, 0.2) is 5.65 Å². The molecule has 4 bridgehead atoms. The summed E-state index contributed by atoms with van der Waals surface area (Å²) in [6.45, 7) is 9.63. The van der Waals surface area contributed by atoms with Crippen molar-refractivity contribution in [3.05, 3.63) is 66.0 Å². The van der Waals surface area contributed by atoms with E-state index in [9.17, 15) is 0 Å². The van der Waals surface area contributed by atoms with Gasteiger partial charge < -0.3 is 5.32 Å². The number of rotatable bonds is 0. The van der Waals surface area contributed by atoms with Crippen LogP contribution in [0.15, 0.2) is 54.9 Å². The maximum absolute atomic E-state index is 4.83. The first kappa shape index (κ1) is 18.5. The first-order valence-electron chi connectivity index (χ1n) is 10.1. The van der Waals surface area contributed by atoms with E-state index < -0.39 is 0 Å². The lowest BCUT2D eigenvalue weighted by atomic mass is 9.95.